The number of nitrogens with one attached hydrogen (secondary N) is 2. The number of H-pyrrole nitrogens is 2. The van der Waals surface area contributed by atoms with Crippen LogP contribution in [0, 0.1) is 0 Å². The fourth-order valence-corrected chi connectivity index (χ4v) is 2.87. The van der Waals surface area contributed by atoms with Crippen LogP contribution in [-0.4, -0.2) is 19.9 Å². The molecule has 1 radical (unpaired) electrons. The molecule has 5 heterocycles. The summed E-state index contributed by atoms with van der Waals surface area (Å²) in [4.78, 5) is 15.8. The van der Waals surface area contributed by atoms with E-state index in [0.717, 1.165) is 44.8 Å². The first-order valence-electron chi connectivity index (χ1n) is 8.26. The SMILES string of the molecule is [2H]c1cc2cc3nc(cc4nc(cc5ccc(cc1[nH]2)[nH]5)C=C4)C=C3.[Mn]. The Morgan fingerprint density at radius 2 is 1.08 bits per heavy atom. The number of rotatable bonds is 0. The summed E-state index contributed by atoms with van der Waals surface area (Å²) in [6.07, 6.45) is 7.91. The molecule has 3 aromatic rings. The van der Waals surface area contributed by atoms with Gasteiger partial charge in [-0.05, 0) is 72.8 Å². The third kappa shape index (κ3) is 3.20. The Balaban J connectivity index is 0.00000168. The summed E-state index contributed by atoms with van der Waals surface area (Å²) in [5.74, 6) is 0. The normalized spacial score (nSPS) is 12.7. The number of hydrogen-bond acceptors (Lipinski definition) is 2. The number of nitrogens with zero attached hydrogens (tertiary/aromatic N) is 2. The van der Waals surface area contributed by atoms with E-state index < -0.39 is 0 Å². The molecule has 8 bridgehead atoms. The van der Waals surface area contributed by atoms with E-state index in [9.17, 15) is 0 Å². The van der Waals surface area contributed by atoms with Crippen LogP contribution in [0.15, 0.2) is 48.5 Å². The summed E-state index contributed by atoms with van der Waals surface area (Å²) in [6, 6.07) is 14.1. The van der Waals surface area contributed by atoms with Crippen molar-refractivity contribution >= 4 is 46.4 Å². The first-order valence-corrected chi connectivity index (χ1v) is 7.76. The van der Waals surface area contributed by atoms with Gasteiger partial charge < -0.3 is 9.97 Å². The molecule has 2 N–H and O–H groups in total. The van der Waals surface area contributed by atoms with Crippen molar-refractivity contribution in [3.8, 4) is 0 Å². The van der Waals surface area contributed by atoms with Crippen molar-refractivity contribution in [2.24, 2.45) is 0 Å². The molecule has 0 atom stereocenters. The van der Waals surface area contributed by atoms with Crippen LogP contribution in [0.4, 0.5) is 0 Å². The van der Waals surface area contributed by atoms with Crippen molar-refractivity contribution in [3.63, 3.8) is 0 Å². The average Bonchev–Trinajstić information content (AvgIpc) is 3.33. The van der Waals surface area contributed by atoms with E-state index in [1.165, 1.54) is 0 Å². The van der Waals surface area contributed by atoms with Crippen molar-refractivity contribution in [2.45, 2.75) is 0 Å². The average molecular weight is 366 g/mol. The molecule has 5 rings (SSSR count). The molecule has 0 aliphatic carbocycles. The Morgan fingerprint density at radius 1 is 0.600 bits per heavy atom. The first-order chi connectivity index (χ1) is 12.2. The van der Waals surface area contributed by atoms with E-state index in [2.05, 4.69) is 19.9 Å². The quantitative estimate of drug-likeness (QED) is 0.392. The zero-order chi connectivity index (χ0) is 16.8. The molecule has 0 spiro atoms. The minimum absolute atomic E-state index is 0. The smallest absolute Gasteiger partial charge is 0.0659 e. The second-order valence-corrected chi connectivity index (χ2v) is 5.82. The van der Waals surface area contributed by atoms with Crippen LogP contribution < -0.4 is 0 Å². The molecule has 0 saturated carbocycles. The molecule has 2 aliphatic rings. The maximum atomic E-state index is 8.15. The predicted octanol–water partition coefficient (Wildman–Crippen LogP) is 4.65. The monoisotopic (exact) mass is 366 g/mol. The van der Waals surface area contributed by atoms with Crippen molar-refractivity contribution in [1.29, 1.82) is 0 Å². The van der Waals surface area contributed by atoms with Crippen molar-refractivity contribution in [3.05, 3.63) is 71.3 Å². The van der Waals surface area contributed by atoms with E-state index in [-0.39, 0.29) is 17.1 Å². The molecular weight excluding hydrogens is 351 g/mol. The molecule has 0 unspecified atom stereocenters. The molecule has 3 aromatic heterocycles. The van der Waals surface area contributed by atoms with Crippen LogP contribution in [0.2, 0.25) is 0 Å². The minimum atomic E-state index is 0. The van der Waals surface area contributed by atoms with Gasteiger partial charge >= 0.3 is 0 Å². The van der Waals surface area contributed by atoms with Gasteiger partial charge in [0.1, 0.15) is 0 Å². The van der Waals surface area contributed by atoms with Crippen molar-refractivity contribution in [1.82, 2.24) is 19.9 Å². The summed E-state index contributed by atoms with van der Waals surface area (Å²) in [6.45, 7) is 0. The molecule has 0 saturated heterocycles. The summed E-state index contributed by atoms with van der Waals surface area (Å²) in [7, 11) is 0. The third-order valence-corrected chi connectivity index (χ3v) is 3.96. The van der Waals surface area contributed by atoms with Crippen LogP contribution in [0.25, 0.3) is 46.4 Å². The number of hydrogen-bond donors (Lipinski definition) is 2. The van der Waals surface area contributed by atoms with E-state index in [1.54, 1.807) is 0 Å². The first kappa shape index (κ1) is 14.5. The van der Waals surface area contributed by atoms with E-state index in [0.29, 0.717) is 6.04 Å². The van der Waals surface area contributed by atoms with Crippen LogP contribution in [-0.2, 0) is 17.1 Å². The molecule has 4 nitrogen and oxygen atoms in total. The van der Waals surface area contributed by atoms with Gasteiger partial charge in [0.2, 0.25) is 0 Å². The molecule has 0 fully saturated rings. The standard InChI is InChI=1S/C20H14N4.Mn/c1-2-14-10-16-5-6-18(23-16)12-20-8-7-19(24-20)11-17-4-3-15(22-17)9-13(1)21-14;/h1-12,21-22H;/i1D;. The number of fused-ring (bicyclic) bond motifs is 8. The van der Waals surface area contributed by atoms with Gasteiger partial charge in [0.15, 0.2) is 0 Å². The van der Waals surface area contributed by atoms with E-state index in [4.69, 9.17) is 1.37 Å². The van der Waals surface area contributed by atoms with Crippen LogP contribution in [0.1, 0.15) is 24.1 Å². The van der Waals surface area contributed by atoms with Gasteiger partial charge in [-0.3, -0.25) is 0 Å². The van der Waals surface area contributed by atoms with Crippen LogP contribution in [0.3, 0.4) is 0 Å². The molecular formula is C20H14MnN4. The molecule has 0 aromatic carbocycles. The van der Waals surface area contributed by atoms with Crippen molar-refractivity contribution < 1.29 is 18.4 Å². The Morgan fingerprint density at radius 3 is 1.72 bits per heavy atom. The predicted molar refractivity (Wildman–Crippen MR) is 98.9 cm³/mol. The molecule has 5 heteroatoms. The summed E-state index contributed by atoms with van der Waals surface area (Å²) < 4.78 is 8.15. The molecule has 121 valence electrons. The van der Waals surface area contributed by atoms with E-state index >= 15 is 0 Å². The maximum Gasteiger partial charge on any atom is 0.0659 e. The van der Waals surface area contributed by atoms with Crippen LogP contribution >= 0.6 is 0 Å². The van der Waals surface area contributed by atoms with Crippen molar-refractivity contribution in [2.75, 3.05) is 0 Å². The summed E-state index contributed by atoms with van der Waals surface area (Å²) in [5.41, 5.74) is 7.04. The fraction of sp³-hybridized carbons (Fsp3) is 0. The second-order valence-electron chi connectivity index (χ2n) is 5.82. The number of aromatic nitrogens is 4. The topological polar surface area (TPSA) is 57.4 Å². The van der Waals surface area contributed by atoms with Gasteiger partial charge in [-0.15, -0.1) is 0 Å². The van der Waals surface area contributed by atoms with Gasteiger partial charge in [0.05, 0.1) is 24.1 Å². The summed E-state index contributed by atoms with van der Waals surface area (Å²) >= 11 is 0. The van der Waals surface area contributed by atoms with E-state index in [1.807, 2.05) is 66.8 Å². The largest absolute Gasteiger partial charge is 0.355 e. The Kier molecular flexibility index (Phi) is 3.59. The van der Waals surface area contributed by atoms with Gasteiger partial charge in [0.25, 0.3) is 0 Å². The van der Waals surface area contributed by atoms with Gasteiger partial charge in [0, 0.05) is 39.1 Å². The molecule has 0 amide bonds. The Labute approximate surface area is 156 Å². The second kappa shape index (κ2) is 6.20. The molecule has 2 aliphatic heterocycles. The molecule has 25 heavy (non-hydrogen) atoms. The minimum Gasteiger partial charge on any atom is -0.355 e. The Bertz CT molecular complexity index is 1220. The van der Waals surface area contributed by atoms with Gasteiger partial charge in [-0.1, -0.05) is 0 Å². The van der Waals surface area contributed by atoms with Gasteiger partial charge in [-0.2, -0.15) is 0 Å². The van der Waals surface area contributed by atoms with Crippen LogP contribution in [0.5, 0.6) is 0 Å². The third-order valence-electron chi connectivity index (χ3n) is 3.96. The Hall–Kier alpha value is -2.88. The number of aromatic amines is 2. The summed E-state index contributed by atoms with van der Waals surface area (Å²) in [5, 5.41) is 0. The zero-order valence-corrected chi connectivity index (χ0v) is 14.3. The fourth-order valence-electron chi connectivity index (χ4n) is 2.87. The van der Waals surface area contributed by atoms with Gasteiger partial charge in [-0.25, -0.2) is 9.97 Å². The maximum absolute atomic E-state index is 8.15. The zero-order valence-electron chi connectivity index (χ0n) is 14.1.